The molecule has 0 aromatic heterocycles. The van der Waals surface area contributed by atoms with E-state index in [-0.39, 0.29) is 5.97 Å². The van der Waals surface area contributed by atoms with E-state index in [4.69, 9.17) is 4.74 Å². The van der Waals surface area contributed by atoms with E-state index in [2.05, 4.69) is 24.3 Å². The molecule has 0 aliphatic heterocycles. The van der Waals surface area contributed by atoms with Crippen molar-refractivity contribution < 1.29 is 26.4 Å². The van der Waals surface area contributed by atoms with Gasteiger partial charge in [0.05, 0.1) is 0 Å². The van der Waals surface area contributed by atoms with Gasteiger partial charge in [-0.2, -0.15) is 11.8 Å². The second kappa shape index (κ2) is 8.13. The van der Waals surface area contributed by atoms with E-state index in [1.54, 1.807) is 0 Å². The van der Waals surface area contributed by atoms with E-state index < -0.39 is 19.5 Å². The number of esters is 1. The molecule has 0 radical (unpaired) electrons. The summed E-state index contributed by atoms with van der Waals surface area (Å²) in [7, 11) is 0. The van der Waals surface area contributed by atoms with Gasteiger partial charge in [-0.25, -0.2) is 0 Å². The predicted molar refractivity (Wildman–Crippen MR) is 91.6 cm³/mol. The first kappa shape index (κ1) is 22.7. The molecule has 0 bridgehead atoms. The molecule has 0 aliphatic carbocycles. The number of ether oxygens (including phenoxy) is 1. The summed E-state index contributed by atoms with van der Waals surface area (Å²) in [5.74, 6) is 2.28. The van der Waals surface area contributed by atoms with Crippen LogP contribution in [0.2, 0.25) is 0 Å². The number of halogens is 6. The van der Waals surface area contributed by atoms with E-state index in [0.29, 0.717) is 5.75 Å². The third-order valence-electron chi connectivity index (χ3n) is 2.57. The van der Waals surface area contributed by atoms with Gasteiger partial charge >= 0.3 is 42.3 Å². The molecule has 0 N–H and O–H groups in total. The molecule has 0 saturated carbocycles. The summed E-state index contributed by atoms with van der Waals surface area (Å²) in [6.45, 7) is 1.41. The number of carbonyl (C=O) groups is 1. The van der Waals surface area contributed by atoms with Crippen LogP contribution in [-0.4, -0.2) is 25.4 Å². The van der Waals surface area contributed by atoms with Gasteiger partial charge in [0.1, 0.15) is 5.75 Å². The first-order valence-corrected chi connectivity index (χ1v) is 14.1. The maximum absolute atomic E-state index is 11.2. The Morgan fingerprint density at radius 1 is 0.846 bits per heavy atom. The van der Waals surface area contributed by atoms with Crippen molar-refractivity contribution in [3.8, 4) is 5.75 Å². The normalized spacial score (nSPS) is 13.7. The zero-order valence-electron chi connectivity index (χ0n) is 13.6. The Balaban J connectivity index is 0.000000412. The molecule has 26 heavy (non-hydrogen) atoms. The monoisotopic (exact) mass is 507 g/mol. The van der Waals surface area contributed by atoms with Crippen molar-refractivity contribution in [2.75, 3.05) is 0 Å². The number of hydrogen-bond donors (Lipinski definition) is 0. The van der Waals surface area contributed by atoms with E-state index in [1.807, 2.05) is 42.1 Å². The molecule has 146 valence electrons. The molecule has 0 heterocycles. The SMILES string of the molecule is CC(=O)Oc1ccc(CSCc2ccccc2)cc1.[F][Sb-]([F])([F])([F])([F])[F]. The van der Waals surface area contributed by atoms with Crippen LogP contribution in [0.3, 0.4) is 0 Å². The zero-order valence-corrected chi connectivity index (χ0v) is 16.9. The third-order valence-corrected chi connectivity index (χ3v) is 3.64. The number of carbonyl (C=O) groups excluding carboxylic acids is 1. The topological polar surface area (TPSA) is 26.3 Å². The van der Waals surface area contributed by atoms with Crippen molar-refractivity contribution >= 4 is 37.2 Å². The van der Waals surface area contributed by atoms with E-state index in [0.717, 1.165) is 11.5 Å². The fourth-order valence-corrected chi connectivity index (χ4v) is 2.64. The summed E-state index contributed by atoms with van der Waals surface area (Å²) in [5, 5.41) is 0. The van der Waals surface area contributed by atoms with Crippen LogP contribution < -0.4 is 4.74 Å². The molecule has 0 aliphatic rings. The standard InChI is InChI=1S/C16H16O2S.6FH.Sb/c1-13(17)18-16-9-7-15(8-10-16)12-19-11-14-5-3-2-4-6-14;;;;;;;/h2-10H,11-12H2,1H3;6*1H;/q;;;;;;;+5/p-6. The van der Waals surface area contributed by atoms with Gasteiger partial charge in [-0.1, -0.05) is 42.5 Å². The fraction of sp³-hybridized carbons (Fsp3) is 0.188. The van der Waals surface area contributed by atoms with Crippen LogP contribution >= 0.6 is 11.8 Å². The van der Waals surface area contributed by atoms with Gasteiger partial charge in [-0.05, 0) is 23.3 Å². The van der Waals surface area contributed by atoms with Gasteiger partial charge in [0.2, 0.25) is 0 Å². The number of rotatable bonds is 5. The molecule has 0 fully saturated rings. The van der Waals surface area contributed by atoms with Crippen molar-refractivity contribution in [1.29, 1.82) is 0 Å². The Hall–Kier alpha value is -1.34. The molecule has 0 amide bonds. The van der Waals surface area contributed by atoms with Gasteiger partial charge in [0.15, 0.2) is 0 Å². The van der Waals surface area contributed by atoms with E-state index in [1.165, 1.54) is 18.1 Å². The summed E-state index contributed by atoms with van der Waals surface area (Å²) in [6.07, 6.45) is 0. The van der Waals surface area contributed by atoms with Gasteiger partial charge < -0.3 is 4.74 Å². The van der Waals surface area contributed by atoms with Crippen molar-refractivity contribution in [1.82, 2.24) is 0 Å². The molecule has 2 nitrogen and oxygen atoms in total. The molecule has 0 saturated heterocycles. The van der Waals surface area contributed by atoms with Crippen LogP contribution in [0.25, 0.3) is 0 Å². The summed E-state index contributed by atoms with van der Waals surface area (Å²) < 4.78 is 64.5. The van der Waals surface area contributed by atoms with Crippen LogP contribution in [-0.2, 0) is 16.3 Å². The summed E-state index contributed by atoms with van der Waals surface area (Å²) in [5.41, 5.74) is 2.57. The molecule has 2 aromatic rings. The Labute approximate surface area is 153 Å². The quantitative estimate of drug-likeness (QED) is 0.209. The molecule has 10 heteroatoms. The molecular formula is C16H16F6O2SSb-. The number of benzene rings is 2. The van der Waals surface area contributed by atoms with Crippen molar-refractivity contribution in [3.63, 3.8) is 0 Å². The number of thioether (sulfide) groups is 1. The summed E-state index contributed by atoms with van der Waals surface area (Å²) >= 11 is -9.38. The Morgan fingerprint density at radius 3 is 1.69 bits per heavy atom. The Morgan fingerprint density at radius 2 is 1.27 bits per heavy atom. The zero-order chi connectivity index (χ0) is 19.9. The van der Waals surface area contributed by atoms with Gasteiger partial charge in [-0.3, -0.25) is 4.79 Å². The fourth-order valence-electron chi connectivity index (χ4n) is 1.68. The molecule has 0 spiro atoms. The summed E-state index contributed by atoms with van der Waals surface area (Å²) in [6, 6.07) is 18.1. The average Bonchev–Trinajstić information content (AvgIpc) is 2.46. The van der Waals surface area contributed by atoms with Crippen LogP contribution in [0.4, 0.5) is 16.9 Å². The second-order valence-corrected chi connectivity index (χ2v) is 11.6. The Kier molecular flexibility index (Phi) is 7.10. The van der Waals surface area contributed by atoms with Gasteiger partial charge in [-0.15, -0.1) is 0 Å². The maximum atomic E-state index is 10.8. The van der Waals surface area contributed by atoms with Crippen molar-refractivity contribution in [2.24, 2.45) is 0 Å². The van der Waals surface area contributed by atoms with Crippen LogP contribution in [0, 0.1) is 0 Å². The first-order chi connectivity index (χ1) is 11.7. The van der Waals surface area contributed by atoms with Crippen LogP contribution in [0.1, 0.15) is 18.1 Å². The molecule has 2 rings (SSSR count). The Bertz CT molecular complexity index is 706. The van der Waals surface area contributed by atoms with E-state index >= 15 is 0 Å². The third kappa shape index (κ3) is 15.0. The summed E-state index contributed by atoms with van der Waals surface area (Å²) in [4.78, 5) is 10.8. The molecule has 2 aromatic carbocycles. The van der Waals surface area contributed by atoms with Crippen LogP contribution in [0.15, 0.2) is 54.6 Å². The minimum atomic E-state index is -11.2. The van der Waals surface area contributed by atoms with Crippen molar-refractivity contribution in [3.05, 3.63) is 65.7 Å². The van der Waals surface area contributed by atoms with Gasteiger partial charge in [0, 0.05) is 18.4 Å². The van der Waals surface area contributed by atoms with Gasteiger partial charge in [0.25, 0.3) is 0 Å². The van der Waals surface area contributed by atoms with E-state index in [9.17, 15) is 21.7 Å². The molecular weight excluding hydrogens is 492 g/mol. The van der Waals surface area contributed by atoms with Crippen molar-refractivity contribution in [2.45, 2.75) is 18.4 Å². The molecule has 0 unspecified atom stereocenters. The van der Waals surface area contributed by atoms with Crippen LogP contribution in [0.5, 0.6) is 5.75 Å². The number of hydrogen-bond acceptors (Lipinski definition) is 3. The molecule has 0 atom stereocenters. The second-order valence-electron chi connectivity index (χ2n) is 5.17. The first-order valence-electron chi connectivity index (χ1n) is 7.14. The minimum absolute atomic E-state index is 0.286. The average molecular weight is 508 g/mol. The predicted octanol–water partition coefficient (Wildman–Crippen LogP) is 6.19.